The van der Waals surface area contributed by atoms with E-state index in [2.05, 4.69) is 9.82 Å². The predicted octanol–water partition coefficient (Wildman–Crippen LogP) is 3.64. The second-order valence-corrected chi connectivity index (χ2v) is 8.47. The molecule has 0 saturated heterocycles. The highest BCUT2D eigenvalue weighted by Gasteiger charge is 2.36. The van der Waals surface area contributed by atoms with Crippen LogP contribution in [0.2, 0.25) is 0 Å². The lowest BCUT2D eigenvalue weighted by Crippen LogP contribution is -2.26. The van der Waals surface area contributed by atoms with Gasteiger partial charge >= 0.3 is 0 Å². The number of carbonyl (C=O) groups is 1. The molecule has 0 aliphatic carbocycles. The molecule has 29 heavy (non-hydrogen) atoms. The smallest absolute Gasteiger partial charge is 0.274 e. The number of nitrogens with one attached hydrogen (secondary N) is 1. The number of amides is 1. The van der Waals surface area contributed by atoms with E-state index in [0.29, 0.717) is 34.7 Å². The zero-order chi connectivity index (χ0) is 20.4. The van der Waals surface area contributed by atoms with Gasteiger partial charge in [-0.2, -0.15) is 5.10 Å². The molecule has 0 spiro atoms. The molecule has 4 rings (SSSR count). The molecule has 1 aliphatic heterocycles. The molecule has 1 amide bonds. The van der Waals surface area contributed by atoms with Crippen molar-refractivity contribution in [1.29, 1.82) is 0 Å². The van der Waals surface area contributed by atoms with Crippen molar-refractivity contribution in [2.75, 3.05) is 11.0 Å². The molecule has 148 valence electrons. The normalized spacial score (nSPS) is 16.5. The lowest BCUT2D eigenvalue weighted by atomic mass is 10.0. The van der Waals surface area contributed by atoms with Gasteiger partial charge in [-0.15, -0.1) is 0 Å². The first kappa shape index (κ1) is 18.9. The molecule has 1 aromatic heterocycles. The van der Waals surface area contributed by atoms with Gasteiger partial charge in [0.15, 0.2) is 0 Å². The first-order chi connectivity index (χ1) is 13.9. The van der Waals surface area contributed by atoms with Crippen LogP contribution in [0.25, 0.3) is 0 Å². The zero-order valence-electron chi connectivity index (χ0n) is 15.6. The van der Waals surface area contributed by atoms with Gasteiger partial charge in [0.05, 0.1) is 23.9 Å². The molecule has 8 heteroatoms. The molecule has 1 unspecified atom stereocenters. The standard InChI is InChI=1S/C21H19N3O4S/c1-29(26,27)23-17-11-6-5-10-16(17)18-14-19(20-12-7-13-28-20)24(22-18)21(25)15-8-3-2-4-9-15/h2-13,19,23H,14H2,1H3. The van der Waals surface area contributed by atoms with Gasteiger partial charge in [-0.05, 0) is 30.3 Å². The number of hydrogen-bond donors (Lipinski definition) is 1. The fraction of sp³-hybridized carbons (Fsp3) is 0.143. The number of benzene rings is 2. The van der Waals surface area contributed by atoms with Crippen molar-refractivity contribution in [2.45, 2.75) is 12.5 Å². The summed E-state index contributed by atoms with van der Waals surface area (Å²) in [6.45, 7) is 0. The Morgan fingerprint density at radius 3 is 2.48 bits per heavy atom. The van der Waals surface area contributed by atoms with Crippen LogP contribution in [0.1, 0.15) is 34.1 Å². The maximum Gasteiger partial charge on any atom is 0.274 e. The van der Waals surface area contributed by atoms with E-state index in [0.717, 1.165) is 6.26 Å². The third-order valence-corrected chi connectivity index (χ3v) is 5.13. The molecule has 1 aliphatic rings. The molecular weight excluding hydrogens is 390 g/mol. The van der Waals surface area contributed by atoms with Crippen molar-refractivity contribution in [3.63, 3.8) is 0 Å². The number of carbonyl (C=O) groups excluding carboxylic acids is 1. The Hall–Kier alpha value is -3.39. The van der Waals surface area contributed by atoms with Crippen LogP contribution >= 0.6 is 0 Å². The second-order valence-electron chi connectivity index (χ2n) is 6.72. The highest BCUT2D eigenvalue weighted by atomic mass is 32.2. The summed E-state index contributed by atoms with van der Waals surface area (Å²) in [5.74, 6) is 0.358. The van der Waals surface area contributed by atoms with Crippen LogP contribution in [0.5, 0.6) is 0 Å². The molecule has 3 aromatic rings. The Balaban J connectivity index is 1.75. The third-order valence-electron chi connectivity index (χ3n) is 4.54. The first-order valence-corrected chi connectivity index (χ1v) is 10.9. The van der Waals surface area contributed by atoms with Crippen LogP contribution in [0, 0.1) is 0 Å². The van der Waals surface area contributed by atoms with Crippen molar-refractivity contribution in [3.8, 4) is 0 Å². The minimum absolute atomic E-state index is 0.254. The number of sulfonamides is 1. The van der Waals surface area contributed by atoms with E-state index < -0.39 is 16.1 Å². The Labute approximate surface area is 168 Å². The Kier molecular flexibility index (Phi) is 4.94. The molecule has 1 atom stereocenters. The van der Waals surface area contributed by atoms with Gasteiger partial charge < -0.3 is 4.42 Å². The molecule has 0 radical (unpaired) electrons. The van der Waals surface area contributed by atoms with Crippen LogP contribution in [0.4, 0.5) is 5.69 Å². The lowest BCUT2D eigenvalue weighted by Gasteiger charge is -2.19. The minimum atomic E-state index is -3.46. The summed E-state index contributed by atoms with van der Waals surface area (Å²) in [7, 11) is -3.46. The number of hydrogen-bond acceptors (Lipinski definition) is 5. The summed E-state index contributed by atoms with van der Waals surface area (Å²) >= 11 is 0. The summed E-state index contributed by atoms with van der Waals surface area (Å²) in [4.78, 5) is 13.1. The Morgan fingerprint density at radius 2 is 1.79 bits per heavy atom. The van der Waals surface area contributed by atoms with Crippen molar-refractivity contribution in [2.24, 2.45) is 5.10 Å². The van der Waals surface area contributed by atoms with E-state index in [4.69, 9.17) is 4.42 Å². The SMILES string of the molecule is CS(=O)(=O)Nc1ccccc1C1=NN(C(=O)c2ccccc2)C(c2ccco2)C1. The monoisotopic (exact) mass is 409 g/mol. The van der Waals surface area contributed by atoms with Crippen molar-refractivity contribution >= 4 is 27.3 Å². The highest BCUT2D eigenvalue weighted by Crippen LogP contribution is 2.35. The van der Waals surface area contributed by atoms with Crippen LogP contribution in [-0.4, -0.2) is 31.3 Å². The summed E-state index contributed by atoms with van der Waals surface area (Å²) in [5.41, 5.74) is 2.15. The number of nitrogens with zero attached hydrogens (tertiary/aromatic N) is 2. The van der Waals surface area contributed by atoms with Gasteiger partial charge in [0.1, 0.15) is 11.8 Å². The molecule has 0 bridgehead atoms. The van der Waals surface area contributed by atoms with Crippen LogP contribution in [0.3, 0.4) is 0 Å². The van der Waals surface area contributed by atoms with Crippen molar-refractivity contribution in [1.82, 2.24) is 5.01 Å². The predicted molar refractivity (Wildman–Crippen MR) is 110 cm³/mol. The lowest BCUT2D eigenvalue weighted by molar-refractivity contribution is 0.0693. The second kappa shape index (κ2) is 7.56. The maximum absolute atomic E-state index is 13.1. The van der Waals surface area contributed by atoms with E-state index in [9.17, 15) is 13.2 Å². The number of para-hydroxylation sites is 1. The fourth-order valence-electron chi connectivity index (χ4n) is 3.30. The first-order valence-electron chi connectivity index (χ1n) is 8.99. The summed E-state index contributed by atoms with van der Waals surface area (Å²) < 4.78 is 31.6. The van der Waals surface area contributed by atoms with E-state index in [1.807, 2.05) is 6.07 Å². The van der Waals surface area contributed by atoms with E-state index in [-0.39, 0.29) is 5.91 Å². The van der Waals surface area contributed by atoms with Crippen LogP contribution in [0.15, 0.2) is 82.5 Å². The summed E-state index contributed by atoms with van der Waals surface area (Å²) in [6.07, 6.45) is 3.04. The fourth-order valence-corrected chi connectivity index (χ4v) is 3.88. The molecule has 0 fully saturated rings. The van der Waals surface area contributed by atoms with E-state index >= 15 is 0 Å². The van der Waals surface area contributed by atoms with E-state index in [1.165, 1.54) is 5.01 Å². The van der Waals surface area contributed by atoms with Gasteiger partial charge in [0, 0.05) is 17.5 Å². The van der Waals surface area contributed by atoms with Crippen LogP contribution < -0.4 is 4.72 Å². The molecule has 1 N–H and O–H groups in total. The van der Waals surface area contributed by atoms with Gasteiger partial charge in [-0.25, -0.2) is 13.4 Å². The topological polar surface area (TPSA) is 92.0 Å². The van der Waals surface area contributed by atoms with Gasteiger partial charge in [-0.1, -0.05) is 36.4 Å². The Morgan fingerprint density at radius 1 is 1.07 bits per heavy atom. The van der Waals surface area contributed by atoms with Gasteiger partial charge in [-0.3, -0.25) is 9.52 Å². The molecular formula is C21H19N3O4S. The largest absolute Gasteiger partial charge is 0.467 e. The quantitative estimate of drug-likeness (QED) is 0.696. The maximum atomic E-state index is 13.1. The summed E-state index contributed by atoms with van der Waals surface area (Å²) in [6, 6.07) is 19.0. The van der Waals surface area contributed by atoms with Crippen molar-refractivity contribution in [3.05, 3.63) is 89.9 Å². The Bertz CT molecular complexity index is 1160. The highest BCUT2D eigenvalue weighted by molar-refractivity contribution is 7.92. The third kappa shape index (κ3) is 4.07. The molecule has 0 saturated carbocycles. The minimum Gasteiger partial charge on any atom is -0.467 e. The summed E-state index contributed by atoms with van der Waals surface area (Å²) in [5, 5.41) is 5.97. The number of furan rings is 1. The number of hydrazone groups is 1. The molecule has 2 heterocycles. The van der Waals surface area contributed by atoms with E-state index in [1.54, 1.807) is 66.9 Å². The zero-order valence-corrected chi connectivity index (χ0v) is 16.5. The van der Waals surface area contributed by atoms with Crippen LogP contribution in [-0.2, 0) is 10.0 Å². The van der Waals surface area contributed by atoms with Gasteiger partial charge in [0.25, 0.3) is 5.91 Å². The van der Waals surface area contributed by atoms with Gasteiger partial charge in [0.2, 0.25) is 10.0 Å². The number of anilines is 1. The molecule has 2 aromatic carbocycles. The number of rotatable bonds is 5. The van der Waals surface area contributed by atoms with Crippen molar-refractivity contribution < 1.29 is 17.6 Å². The average molecular weight is 409 g/mol. The average Bonchev–Trinajstić information content (AvgIpc) is 3.37. The molecule has 7 nitrogen and oxygen atoms in total.